The number of aromatic nitrogens is 4. The fourth-order valence-corrected chi connectivity index (χ4v) is 3.51. The summed E-state index contributed by atoms with van der Waals surface area (Å²) in [6.07, 6.45) is 1.75. The van der Waals surface area contributed by atoms with E-state index in [9.17, 15) is 10.1 Å². The molecule has 0 atom stereocenters. The lowest BCUT2D eigenvalue weighted by Crippen LogP contribution is -2.01. The minimum atomic E-state index is -0.408. The van der Waals surface area contributed by atoms with Crippen LogP contribution >= 0.6 is 0 Å². The van der Waals surface area contributed by atoms with Gasteiger partial charge in [0.25, 0.3) is 5.69 Å². The van der Waals surface area contributed by atoms with Gasteiger partial charge < -0.3 is 0 Å². The van der Waals surface area contributed by atoms with E-state index in [1.807, 2.05) is 77.5 Å². The Kier molecular flexibility index (Phi) is 4.61. The molecule has 7 heteroatoms. The lowest BCUT2D eigenvalue weighted by Gasteiger charge is -2.07. The molecule has 0 saturated carbocycles. The maximum atomic E-state index is 11.0. The molecule has 0 unspecified atom stereocenters. The molecule has 0 spiro atoms. The van der Waals surface area contributed by atoms with Crippen LogP contribution < -0.4 is 0 Å². The van der Waals surface area contributed by atoms with Crippen LogP contribution in [0.1, 0.15) is 0 Å². The van der Waals surface area contributed by atoms with Crippen LogP contribution in [0.4, 0.5) is 5.69 Å². The van der Waals surface area contributed by atoms with Crippen LogP contribution in [0, 0.1) is 10.1 Å². The molecule has 3 aromatic carbocycles. The van der Waals surface area contributed by atoms with Crippen LogP contribution in [-0.2, 0) is 0 Å². The molecule has 0 radical (unpaired) electrons. The predicted octanol–water partition coefficient (Wildman–Crippen LogP) is 5.30. The number of nitro groups is 1. The van der Waals surface area contributed by atoms with E-state index in [0.717, 1.165) is 34.0 Å². The smallest absolute Gasteiger partial charge is 0.258 e. The summed E-state index contributed by atoms with van der Waals surface area (Å²) in [7, 11) is 0. The van der Waals surface area contributed by atoms with E-state index in [2.05, 4.69) is 5.10 Å². The lowest BCUT2D eigenvalue weighted by atomic mass is 10.1. The Morgan fingerprint density at radius 3 is 2.03 bits per heavy atom. The van der Waals surface area contributed by atoms with Gasteiger partial charge in [0, 0.05) is 17.7 Å². The number of hydrogen-bond acceptors (Lipinski definition) is 4. The molecule has 0 aliphatic carbocycles. The van der Waals surface area contributed by atoms with Gasteiger partial charge in [-0.05, 0) is 36.4 Å². The molecule has 0 saturated heterocycles. The minimum Gasteiger partial charge on any atom is -0.258 e. The average Bonchev–Trinajstić information content (AvgIpc) is 3.48. The van der Waals surface area contributed by atoms with Gasteiger partial charge in [-0.15, -0.1) is 0 Å². The second kappa shape index (κ2) is 7.72. The Morgan fingerprint density at radius 2 is 1.35 bits per heavy atom. The van der Waals surface area contributed by atoms with Crippen LogP contribution in [0.3, 0.4) is 0 Å². The average molecular weight is 407 g/mol. The second-order valence-corrected chi connectivity index (χ2v) is 6.93. The van der Waals surface area contributed by atoms with Gasteiger partial charge in [-0.1, -0.05) is 48.5 Å². The van der Waals surface area contributed by atoms with Gasteiger partial charge in [-0.25, -0.2) is 9.36 Å². The predicted molar refractivity (Wildman–Crippen MR) is 118 cm³/mol. The van der Waals surface area contributed by atoms with Crippen molar-refractivity contribution in [3.05, 3.63) is 113 Å². The Morgan fingerprint density at radius 1 is 0.710 bits per heavy atom. The normalized spacial score (nSPS) is 10.8. The number of para-hydroxylation sites is 1. The zero-order valence-electron chi connectivity index (χ0n) is 16.4. The number of non-ortho nitro benzene ring substituents is 1. The molecular formula is C24H17N5O2. The molecule has 0 fully saturated rings. The standard InChI is InChI=1S/C24H17N5O2/c30-29(31)21-13-11-20(12-14-21)28-24(18-7-3-1-4-8-18)17-22(26-28)23-15-16-25-27(23)19-9-5-2-6-10-19/h1-17H. The summed E-state index contributed by atoms with van der Waals surface area (Å²) in [5.74, 6) is 0. The number of benzene rings is 3. The van der Waals surface area contributed by atoms with Gasteiger partial charge >= 0.3 is 0 Å². The highest BCUT2D eigenvalue weighted by Gasteiger charge is 2.17. The second-order valence-electron chi connectivity index (χ2n) is 6.93. The maximum absolute atomic E-state index is 11.0. The van der Waals surface area contributed by atoms with Gasteiger partial charge in [0.1, 0.15) is 5.69 Å². The molecule has 0 bridgehead atoms. The molecular weight excluding hydrogens is 390 g/mol. The van der Waals surface area contributed by atoms with Crippen molar-refractivity contribution in [1.82, 2.24) is 19.6 Å². The van der Waals surface area contributed by atoms with Crippen molar-refractivity contribution in [2.75, 3.05) is 0 Å². The Balaban J connectivity index is 1.66. The van der Waals surface area contributed by atoms with E-state index in [-0.39, 0.29) is 5.69 Å². The van der Waals surface area contributed by atoms with Gasteiger partial charge in [-0.3, -0.25) is 10.1 Å². The molecule has 5 rings (SSSR count). The molecule has 0 N–H and O–H groups in total. The zero-order valence-corrected chi connectivity index (χ0v) is 16.4. The summed E-state index contributed by atoms with van der Waals surface area (Å²) in [6, 6.07) is 30.1. The lowest BCUT2D eigenvalue weighted by molar-refractivity contribution is -0.384. The third kappa shape index (κ3) is 3.49. The topological polar surface area (TPSA) is 78.8 Å². The van der Waals surface area contributed by atoms with Crippen molar-refractivity contribution in [2.45, 2.75) is 0 Å². The van der Waals surface area contributed by atoms with Gasteiger partial charge in [0.2, 0.25) is 0 Å². The van der Waals surface area contributed by atoms with E-state index in [1.54, 1.807) is 23.0 Å². The van der Waals surface area contributed by atoms with Crippen LogP contribution in [0.5, 0.6) is 0 Å². The Hall–Kier alpha value is -4.52. The van der Waals surface area contributed by atoms with Crippen molar-refractivity contribution in [2.24, 2.45) is 0 Å². The fourth-order valence-electron chi connectivity index (χ4n) is 3.51. The summed E-state index contributed by atoms with van der Waals surface area (Å²) >= 11 is 0. The molecule has 2 heterocycles. The van der Waals surface area contributed by atoms with Crippen LogP contribution in [0.15, 0.2) is 103 Å². The number of rotatable bonds is 5. The first-order chi connectivity index (χ1) is 15.2. The van der Waals surface area contributed by atoms with Crippen LogP contribution in [-0.4, -0.2) is 24.5 Å². The monoisotopic (exact) mass is 407 g/mol. The summed E-state index contributed by atoms with van der Waals surface area (Å²) in [4.78, 5) is 10.6. The van der Waals surface area contributed by atoms with Crippen molar-refractivity contribution in [1.29, 1.82) is 0 Å². The summed E-state index contributed by atoms with van der Waals surface area (Å²) in [5, 5.41) is 20.4. The summed E-state index contributed by atoms with van der Waals surface area (Å²) < 4.78 is 3.65. The van der Waals surface area contributed by atoms with Crippen molar-refractivity contribution in [3.8, 4) is 34.0 Å². The first-order valence-electron chi connectivity index (χ1n) is 9.71. The highest BCUT2D eigenvalue weighted by atomic mass is 16.6. The molecule has 0 aliphatic rings. The molecule has 31 heavy (non-hydrogen) atoms. The highest BCUT2D eigenvalue weighted by Crippen LogP contribution is 2.30. The summed E-state index contributed by atoms with van der Waals surface area (Å²) in [5.41, 5.74) is 5.19. The Labute approximate surface area is 178 Å². The first-order valence-corrected chi connectivity index (χ1v) is 9.71. The van der Waals surface area contributed by atoms with E-state index >= 15 is 0 Å². The van der Waals surface area contributed by atoms with Gasteiger partial charge in [0.15, 0.2) is 0 Å². The van der Waals surface area contributed by atoms with E-state index in [1.165, 1.54) is 12.1 Å². The number of nitrogens with zero attached hydrogens (tertiary/aromatic N) is 5. The van der Waals surface area contributed by atoms with Crippen molar-refractivity contribution in [3.63, 3.8) is 0 Å². The summed E-state index contributed by atoms with van der Waals surface area (Å²) in [6.45, 7) is 0. The first kappa shape index (κ1) is 18.5. The Bertz CT molecular complexity index is 1340. The van der Waals surface area contributed by atoms with E-state index in [0.29, 0.717) is 0 Å². The molecule has 150 valence electrons. The van der Waals surface area contributed by atoms with E-state index < -0.39 is 4.92 Å². The molecule has 2 aromatic heterocycles. The molecule has 0 amide bonds. The SMILES string of the molecule is O=[N+]([O-])c1ccc(-n2nc(-c3ccnn3-c3ccccc3)cc2-c2ccccc2)cc1. The zero-order chi connectivity index (χ0) is 21.2. The molecule has 7 nitrogen and oxygen atoms in total. The largest absolute Gasteiger partial charge is 0.269 e. The minimum absolute atomic E-state index is 0.0412. The maximum Gasteiger partial charge on any atom is 0.269 e. The quantitative estimate of drug-likeness (QED) is 0.292. The van der Waals surface area contributed by atoms with Crippen molar-refractivity contribution < 1.29 is 4.92 Å². The highest BCUT2D eigenvalue weighted by molar-refractivity contribution is 5.70. The van der Waals surface area contributed by atoms with Crippen LogP contribution in [0.2, 0.25) is 0 Å². The van der Waals surface area contributed by atoms with Crippen molar-refractivity contribution >= 4 is 5.69 Å². The number of hydrogen-bond donors (Lipinski definition) is 0. The third-order valence-corrected chi connectivity index (χ3v) is 4.99. The third-order valence-electron chi connectivity index (χ3n) is 4.99. The van der Waals surface area contributed by atoms with E-state index in [4.69, 9.17) is 5.10 Å². The fraction of sp³-hybridized carbons (Fsp3) is 0. The molecule has 0 aliphatic heterocycles. The van der Waals surface area contributed by atoms with Crippen LogP contribution in [0.25, 0.3) is 34.0 Å². The van der Waals surface area contributed by atoms with Gasteiger partial charge in [0.05, 0.1) is 33.9 Å². The number of nitro benzene ring substituents is 1. The van der Waals surface area contributed by atoms with Gasteiger partial charge in [-0.2, -0.15) is 10.2 Å². The molecule has 5 aromatic rings.